The van der Waals surface area contributed by atoms with Crippen molar-refractivity contribution in [2.45, 2.75) is 54.0 Å². The highest BCUT2D eigenvalue weighted by atomic mass is 14.9. The van der Waals surface area contributed by atoms with Crippen molar-refractivity contribution >= 4 is 0 Å². The topological polar surface area (TPSA) is 12.0 Å². The van der Waals surface area contributed by atoms with Gasteiger partial charge in [0.25, 0.3) is 0 Å². The molecule has 1 aromatic rings. The molecule has 0 saturated carbocycles. The molecule has 1 unspecified atom stereocenters. The van der Waals surface area contributed by atoms with Crippen molar-refractivity contribution in [2.75, 3.05) is 6.54 Å². The third kappa shape index (κ3) is 4.45. The molecule has 0 fully saturated rings. The lowest BCUT2D eigenvalue weighted by Gasteiger charge is -2.32. The van der Waals surface area contributed by atoms with E-state index in [4.69, 9.17) is 0 Å². The van der Waals surface area contributed by atoms with Gasteiger partial charge in [-0.15, -0.1) is 0 Å². The van der Waals surface area contributed by atoms with Crippen molar-refractivity contribution < 1.29 is 0 Å². The van der Waals surface area contributed by atoms with E-state index < -0.39 is 0 Å². The Kier molecular flexibility index (Phi) is 5.40. The van der Waals surface area contributed by atoms with E-state index in [0.717, 1.165) is 12.5 Å². The van der Waals surface area contributed by atoms with Gasteiger partial charge in [0.2, 0.25) is 0 Å². The smallest absolute Gasteiger partial charge is 0.0369 e. The van der Waals surface area contributed by atoms with Crippen molar-refractivity contribution in [1.29, 1.82) is 0 Å². The van der Waals surface area contributed by atoms with E-state index in [1.165, 1.54) is 17.5 Å². The minimum Gasteiger partial charge on any atom is -0.310 e. The normalized spacial score (nSPS) is 13.9. The molecule has 0 amide bonds. The second kappa shape index (κ2) is 6.38. The Morgan fingerprint density at radius 3 is 2.00 bits per heavy atom. The Hall–Kier alpha value is -0.820. The summed E-state index contributed by atoms with van der Waals surface area (Å²) < 4.78 is 0. The molecule has 1 N–H and O–H groups in total. The summed E-state index contributed by atoms with van der Waals surface area (Å²) in [6.07, 6.45) is 1.17. The predicted octanol–water partition coefficient (Wildman–Crippen LogP) is 4.58. The van der Waals surface area contributed by atoms with Crippen molar-refractivity contribution in [3.05, 3.63) is 35.4 Å². The molecule has 1 atom stereocenters. The number of hydrogen-bond donors (Lipinski definition) is 1. The van der Waals surface area contributed by atoms with E-state index in [1.54, 1.807) is 0 Å². The molecule has 0 heterocycles. The summed E-state index contributed by atoms with van der Waals surface area (Å²) in [4.78, 5) is 0. The number of rotatable bonds is 5. The van der Waals surface area contributed by atoms with Crippen LogP contribution in [-0.4, -0.2) is 6.54 Å². The minimum absolute atomic E-state index is 0.246. The SMILES string of the molecule is CCNC(c1ccc(CC(C)C)cc1)C(C)(C)C. The first kappa shape index (κ1) is 15.2. The molecular weight excluding hydrogens is 218 g/mol. The Morgan fingerprint density at radius 1 is 1.06 bits per heavy atom. The Bertz CT molecular complexity index is 343. The van der Waals surface area contributed by atoms with Crippen LogP contribution in [0.5, 0.6) is 0 Å². The third-order valence-electron chi connectivity index (χ3n) is 3.23. The van der Waals surface area contributed by atoms with Crippen LogP contribution in [0.15, 0.2) is 24.3 Å². The van der Waals surface area contributed by atoms with Gasteiger partial charge in [-0.25, -0.2) is 0 Å². The molecule has 0 aliphatic rings. The van der Waals surface area contributed by atoms with Gasteiger partial charge in [-0.1, -0.05) is 65.8 Å². The highest BCUT2D eigenvalue weighted by Crippen LogP contribution is 2.32. The molecule has 0 saturated heterocycles. The molecule has 0 aliphatic heterocycles. The van der Waals surface area contributed by atoms with Crippen LogP contribution in [0, 0.1) is 11.3 Å². The first-order valence-electron chi connectivity index (χ1n) is 7.16. The highest BCUT2D eigenvalue weighted by Gasteiger charge is 2.25. The maximum absolute atomic E-state index is 3.60. The van der Waals surface area contributed by atoms with Crippen LogP contribution in [0.25, 0.3) is 0 Å². The van der Waals surface area contributed by atoms with Gasteiger partial charge < -0.3 is 5.32 Å². The van der Waals surface area contributed by atoms with E-state index in [2.05, 4.69) is 71.1 Å². The average molecular weight is 247 g/mol. The molecule has 0 spiro atoms. The van der Waals surface area contributed by atoms with Crippen LogP contribution in [0.1, 0.15) is 58.7 Å². The van der Waals surface area contributed by atoms with Gasteiger partial charge in [0.15, 0.2) is 0 Å². The van der Waals surface area contributed by atoms with Crippen molar-refractivity contribution in [1.82, 2.24) is 5.32 Å². The van der Waals surface area contributed by atoms with Gasteiger partial charge in [0.05, 0.1) is 0 Å². The zero-order chi connectivity index (χ0) is 13.8. The molecule has 102 valence electrons. The monoisotopic (exact) mass is 247 g/mol. The van der Waals surface area contributed by atoms with E-state index >= 15 is 0 Å². The Balaban J connectivity index is 2.87. The van der Waals surface area contributed by atoms with Gasteiger partial charge in [-0.3, -0.25) is 0 Å². The van der Waals surface area contributed by atoms with E-state index in [0.29, 0.717) is 6.04 Å². The Morgan fingerprint density at radius 2 is 1.61 bits per heavy atom. The first-order chi connectivity index (χ1) is 8.34. The molecular formula is C17H29N. The molecule has 1 nitrogen and oxygen atoms in total. The summed E-state index contributed by atoms with van der Waals surface area (Å²) in [6, 6.07) is 9.57. The first-order valence-corrected chi connectivity index (χ1v) is 7.16. The van der Waals surface area contributed by atoms with Crippen LogP contribution in [-0.2, 0) is 6.42 Å². The van der Waals surface area contributed by atoms with Gasteiger partial charge in [-0.2, -0.15) is 0 Å². The van der Waals surface area contributed by atoms with Crippen LogP contribution >= 0.6 is 0 Å². The molecule has 18 heavy (non-hydrogen) atoms. The van der Waals surface area contributed by atoms with Crippen LogP contribution < -0.4 is 5.32 Å². The summed E-state index contributed by atoms with van der Waals surface area (Å²) in [5.74, 6) is 0.725. The van der Waals surface area contributed by atoms with Gasteiger partial charge in [-0.05, 0) is 35.4 Å². The van der Waals surface area contributed by atoms with Crippen molar-refractivity contribution in [3.8, 4) is 0 Å². The summed E-state index contributed by atoms with van der Waals surface area (Å²) in [5, 5.41) is 3.60. The lowest BCUT2D eigenvalue weighted by atomic mass is 9.82. The second-order valence-corrected chi connectivity index (χ2v) is 6.70. The third-order valence-corrected chi connectivity index (χ3v) is 3.23. The molecule has 1 aromatic carbocycles. The molecule has 1 heteroatoms. The average Bonchev–Trinajstić information content (AvgIpc) is 2.25. The highest BCUT2D eigenvalue weighted by molar-refractivity contribution is 5.26. The van der Waals surface area contributed by atoms with E-state index in [1.807, 2.05) is 0 Å². The summed E-state index contributed by atoms with van der Waals surface area (Å²) >= 11 is 0. The summed E-state index contributed by atoms with van der Waals surface area (Å²) in [5.41, 5.74) is 3.09. The number of hydrogen-bond acceptors (Lipinski definition) is 1. The second-order valence-electron chi connectivity index (χ2n) is 6.70. The number of benzene rings is 1. The fourth-order valence-corrected chi connectivity index (χ4v) is 2.45. The lowest BCUT2D eigenvalue weighted by Crippen LogP contribution is -2.32. The standard InChI is InChI=1S/C17H29N/c1-7-18-16(17(4,5)6)15-10-8-14(9-11-15)12-13(2)3/h8-11,13,16,18H,7,12H2,1-6H3. The van der Waals surface area contributed by atoms with E-state index in [9.17, 15) is 0 Å². The molecule has 0 aliphatic carbocycles. The molecule has 1 rings (SSSR count). The fourth-order valence-electron chi connectivity index (χ4n) is 2.45. The van der Waals surface area contributed by atoms with Crippen LogP contribution in [0.4, 0.5) is 0 Å². The maximum atomic E-state index is 3.60. The molecule has 0 radical (unpaired) electrons. The summed E-state index contributed by atoms with van der Waals surface area (Å²) in [6.45, 7) is 14.6. The molecule has 0 aromatic heterocycles. The van der Waals surface area contributed by atoms with Gasteiger partial charge in [0.1, 0.15) is 0 Å². The quantitative estimate of drug-likeness (QED) is 0.803. The van der Waals surface area contributed by atoms with E-state index in [-0.39, 0.29) is 5.41 Å². The lowest BCUT2D eigenvalue weighted by molar-refractivity contribution is 0.277. The summed E-state index contributed by atoms with van der Waals surface area (Å²) in [7, 11) is 0. The van der Waals surface area contributed by atoms with Crippen molar-refractivity contribution in [3.63, 3.8) is 0 Å². The van der Waals surface area contributed by atoms with Gasteiger partial charge >= 0.3 is 0 Å². The zero-order valence-corrected chi connectivity index (χ0v) is 12.9. The zero-order valence-electron chi connectivity index (χ0n) is 12.9. The van der Waals surface area contributed by atoms with Crippen LogP contribution in [0.2, 0.25) is 0 Å². The van der Waals surface area contributed by atoms with Crippen LogP contribution in [0.3, 0.4) is 0 Å². The molecule has 0 bridgehead atoms. The van der Waals surface area contributed by atoms with Gasteiger partial charge in [0, 0.05) is 6.04 Å². The largest absolute Gasteiger partial charge is 0.310 e. The predicted molar refractivity (Wildman–Crippen MR) is 80.9 cm³/mol. The fraction of sp³-hybridized carbons (Fsp3) is 0.647. The maximum Gasteiger partial charge on any atom is 0.0369 e. The minimum atomic E-state index is 0.246. The number of nitrogens with one attached hydrogen (secondary N) is 1. The Labute approximate surface area is 113 Å². The van der Waals surface area contributed by atoms with Crippen molar-refractivity contribution in [2.24, 2.45) is 11.3 Å².